The van der Waals surface area contributed by atoms with Gasteiger partial charge in [-0.2, -0.15) is 0 Å². The molecule has 0 saturated carbocycles. The summed E-state index contributed by atoms with van der Waals surface area (Å²) in [5.41, 5.74) is 27.6. The summed E-state index contributed by atoms with van der Waals surface area (Å²) in [5.74, 6) is -14.0. The van der Waals surface area contributed by atoms with Crippen molar-refractivity contribution in [1.82, 2.24) is 68.4 Å². The number of H-pyrrole nitrogens is 1. The third-order valence-electron chi connectivity index (χ3n) is 19.2. The van der Waals surface area contributed by atoms with E-state index < -0.39 is 168 Å². The number of hydrogen-bond donors (Lipinski definition) is 19. The second kappa shape index (κ2) is 43.4. The fourth-order valence-corrected chi connectivity index (χ4v) is 16.2. The highest BCUT2D eigenvalue weighted by Crippen LogP contribution is 2.27. The second-order valence-electron chi connectivity index (χ2n) is 28.1. The lowest BCUT2D eigenvalue weighted by Gasteiger charge is -2.36. The number of fused-ring (bicyclic) bond motifs is 32. The van der Waals surface area contributed by atoms with Crippen molar-refractivity contribution in [3.05, 3.63) is 203 Å². The number of rotatable bonds is 23. The van der Waals surface area contributed by atoms with E-state index in [1.165, 1.54) is 48.2 Å². The lowest BCUT2D eigenvalue weighted by atomic mass is 10.00. The van der Waals surface area contributed by atoms with E-state index >= 15 is 33.6 Å². The minimum Gasteiger partial charge on any atom is -0.508 e. The van der Waals surface area contributed by atoms with Crippen LogP contribution in [0.4, 0.5) is 0 Å². The van der Waals surface area contributed by atoms with Gasteiger partial charge in [0.15, 0.2) is 5.96 Å². The molecule has 1 aromatic heterocycles. The van der Waals surface area contributed by atoms with Gasteiger partial charge in [-0.15, -0.1) is 11.8 Å². The maximum atomic E-state index is 15.5. The molecule has 0 aliphatic carbocycles. The molecule has 13 amide bonds. The average Bonchev–Trinajstić information content (AvgIpc) is 1.44. The largest absolute Gasteiger partial charge is 0.508 e. The molecule has 6 aromatic carbocycles. The second-order valence-corrected chi connectivity index (χ2v) is 31.7. The molecule has 3 aliphatic heterocycles. The Labute approximate surface area is 680 Å². The summed E-state index contributed by atoms with van der Waals surface area (Å²) >= 11 is 0.928. The van der Waals surface area contributed by atoms with Crippen molar-refractivity contribution < 1.29 is 72.5 Å². The number of nitrogens with one attached hydrogen (secondary N) is 13. The van der Waals surface area contributed by atoms with Crippen LogP contribution >= 0.6 is 33.3 Å². The first-order chi connectivity index (χ1) is 55.6. The minimum atomic E-state index is -1.84. The number of aromatic hydroxyl groups is 2. The number of nitrogens with zero attached hydrogens (tertiary/aromatic N) is 1. The van der Waals surface area contributed by atoms with Gasteiger partial charge in [-0.05, 0) is 89.9 Å². The van der Waals surface area contributed by atoms with Crippen LogP contribution in [-0.2, 0) is 101 Å². The van der Waals surface area contributed by atoms with Gasteiger partial charge in [-0.25, -0.2) is 0 Å². The first kappa shape index (κ1) is 87.8. The van der Waals surface area contributed by atoms with Crippen LogP contribution in [-0.4, -0.2) is 211 Å². The molecule has 33 nitrogen and oxygen atoms in total. The van der Waals surface area contributed by atoms with E-state index in [0.717, 1.165) is 33.3 Å². The monoisotopic (exact) mass is 1640 g/mol. The molecule has 10 rings (SSSR count). The summed E-state index contributed by atoms with van der Waals surface area (Å²) in [5, 5.41) is 58.5. The fourth-order valence-electron chi connectivity index (χ4n) is 12.9. The van der Waals surface area contributed by atoms with E-state index in [2.05, 4.69) is 63.5 Å². The Balaban J connectivity index is 1.13. The summed E-state index contributed by atoms with van der Waals surface area (Å²) < 4.78 is 0. The molecule has 0 radical (unpaired) electrons. The first-order valence-electron chi connectivity index (χ1n) is 37.4. The van der Waals surface area contributed by atoms with Crippen LogP contribution in [0.15, 0.2) is 170 Å². The van der Waals surface area contributed by atoms with Crippen LogP contribution in [0.3, 0.4) is 0 Å². The van der Waals surface area contributed by atoms with E-state index in [9.17, 15) is 39.0 Å². The van der Waals surface area contributed by atoms with Crippen LogP contribution in [0.5, 0.6) is 11.5 Å². The molecule has 0 spiro atoms. The lowest BCUT2D eigenvalue weighted by molar-refractivity contribution is -0.141. The summed E-state index contributed by atoms with van der Waals surface area (Å²) in [6.07, 6.45) is -0.0941. The molecule has 36 heteroatoms. The molecular formula is C80H96N18O15S3. The number of guanidine groups is 1. The van der Waals surface area contributed by atoms with E-state index in [0.29, 0.717) is 44.3 Å². The van der Waals surface area contributed by atoms with Crippen molar-refractivity contribution in [3.63, 3.8) is 0 Å². The number of aromatic nitrogens is 1. The van der Waals surface area contributed by atoms with Crippen LogP contribution in [0, 0.1) is 5.41 Å². The third-order valence-corrected chi connectivity index (χ3v) is 22.6. The van der Waals surface area contributed by atoms with E-state index in [-0.39, 0.29) is 92.6 Å². The molecule has 2 bridgehead atoms. The lowest BCUT2D eigenvalue weighted by Crippen LogP contribution is -2.62. The number of phenolic OH excluding ortho intramolecular Hbond substituents is 2. The zero-order valence-corrected chi connectivity index (χ0v) is 65.8. The Morgan fingerprint density at radius 2 is 1.07 bits per heavy atom. The summed E-state index contributed by atoms with van der Waals surface area (Å²) in [6.45, 7) is 0.956. The predicted molar refractivity (Wildman–Crippen MR) is 439 cm³/mol. The molecule has 3 fully saturated rings. The fraction of sp³-hybridized carbons (Fsp3) is 0.350. The maximum Gasteiger partial charge on any atom is 0.244 e. The summed E-state index contributed by atoms with van der Waals surface area (Å²) in [6, 6.07) is 26.2. The summed E-state index contributed by atoms with van der Waals surface area (Å²) in [4.78, 5) is 196. The van der Waals surface area contributed by atoms with E-state index in [4.69, 9.17) is 28.3 Å². The zero-order chi connectivity index (χ0) is 83.4. The summed E-state index contributed by atoms with van der Waals surface area (Å²) in [7, 11) is 1.82. The highest BCUT2D eigenvalue weighted by atomic mass is 33.1. The van der Waals surface area contributed by atoms with Crippen LogP contribution in [0.2, 0.25) is 0 Å². The van der Waals surface area contributed by atoms with Gasteiger partial charge in [0.2, 0.25) is 76.8 Å². The van der Waals surface area contributed by atoms with Crippen LogP contribution in [0.1, 0.15) is 59.6 Å². The normalized spacial score (nSPS) is 22.1. The first-order valence-corrected chi connectivity index (χ1v) is 41.1. The Hall–Kier alpha value is -12.2. The van der Waals surface area contributed by atoms with Crippen molar-refractivity contribution in [2.45, 2.75) is 137 Å². The minimum absolute atomic E-state index is 0.0503. The quantitative estimate of drug-likeness (QED) is 0.0126. The molecular weight excluding hydrogens is 1550 g/mol. The van der Waals surface area contributed by atoms with Crippen LogP contribution in [0.25, 0.3) is 10.9 Å². The van der Waals surface area contributed by atoms with Crippen molar-refractivity contribution in [2.24, 2.45) is 22.9 Å². The highest BCUT2D eigenvalue weighted by molar-refractivity contribution is 8.76. The molecule has 7 aromatic rings. The number of aromatic amines is 1. The number of primary amides is 2. The average molecular weight is 1650 g/mol. The SMILES string of the molecule is C[C@@H]1NC(=O)[C@H](CC(N)=O)NC(=O)[C@H](Cc2c[nH]c3ccccc23)N2C[C@H](CCCNC(=N)N)NC(=O)[C@@H](CSCC2=O)NC(=O)[C@@H](Cc2ccccc2)NC(=O)[C@H](Cc2ccccc2)NC(=O)[C@@H](NC(=O)[C@@H](N)Cc2ccc(O)cc2)CSSC[C@@H](C(=O)N[C@@H](Cc2ccc(O)cc2)C(N)=O)NC(=O)[C@H](Cc2ccccc2)NC1=O. The van der Waals surface area contributed by atoms with E-state index in [1.807, 2.05) is 0 Å². The van der Waals surface area contributed by atoms with Gasteiger partial charge in [0.1, 0.15) is 71.9 Å². The number of nitrogens with two attached hydrogens (primary N) is 4. The third kappa shape index (κ3) is 27.0. The Bertz CT molecular complexity index is 4610. The smallest absolute Gasteiger partial charge is 0.244 e. The molecule has 12 atom stereocenters. The number of para-hydroxylation sites is 1. The topological polar surface area (TPSA) is 542 Å². The molecule has 614 valence electrons. The van der Waals surface area contributed by atoms with Crippen LogP contribution < -0.4 is 81.4 Å². The Morgan fingerprint density at radius 3 is 1.65 bits per heavy atom. The molecule has 116 heavy (non-hydrogen) atoms. The van der Waals surface area contributed by atoms with Gasteiger partial charge in [0.05, 0.1) is 18.2 Å². The zero-order valence-electron chi connectivity index (χ0n) is 63.4. The highest BCUT2D eigenvalue weighted by Gasteiger charge is 2.40. The van der Waals surface area contributed by atoms with Crippen molar-refractivity contribution >= 4 is 127 Å². The number of phenols is 2. The molecule has 4 heterocycles. The standard InChI is InChI=1S/C80H96N18O15S3/c1-45-70(104)91-59(34-46-14-5-2-6-15-46)74(108)97-65(77(111)90-58(69(83)103)33-50-25-29-54(100)30-26-50)43-116-115-42-64(95-71(105)56(81)32-49-23-27-53(99)28-24-49)78(112)93-60(35-47-16-7-3-8-17-47)73(107)92-61(36-48-18-9-4-10-19-48)75(109)96-63-41-114-44-68(102)98(40-52(89-76(63)110)20-13-31-86-80(84)85)66(37-51-39-87-57-22-12-11-21-55(51)57)79(113)94-62(38-67(82)101)72(106)88-45/h2-12,14-19,21-30,39,45,52,56,58-66,87,99-100H,13,20,31-38,40-44,81H2,1H3,(H2,82,101)(H2,83,103)(H,88,106)(H,89,110)(H,90,111)(H,91,104)(H,92,107)(H,93,112)(H,94,113)(H,95,105)(H,96,109)(H,97,108)(H4,84,85,86)/t45-,52-,56-,58-,59-,60-,61+,62-,63+,64-,65-,66-/m0/s1. The number of thioether (sulfide) groups is 1. The predicted octanol–water partition coefficient (Wildman–Crippen LogP) is -0.507. The van der Waals surface area contributed by atoms with Gasteiger partial charge >= 0.3 is 0 Å². The maximum absolute atomic E-state index is 15.5. The van der Waals surface area contributed by atoms with Crippen molar-refractivity contribution in [3.8, 4) is 11.5 Å². The Morgan fingerprint density at radius 1 is 0.552 bits per heavy atom. The number of carbonyl (C=O) groups excluding carboxylic acids is 13. The molecule has 3 aliphatic rings. The van der Waals surface area contributed by atoms with Crippen molar-refractivity contribution in [2.75, 3.05) is 36.1 Å². The number of hydrogen-bond acceptors (Lipinski definition) is 20. The van der Waals surface area contributed by atoms with Gasteiger partial charge in [0, 0.05) is 85.6 Å². The molecule has 3 saturated heterocycles. The Kier molecular flexibility index (Phi) is 32.8. The molecule has 23 N–H and O–H groups in total. The van der Waals surface area contributed by atoms with Gasteiger partial charge in [-0.3, -0.25) is 67.7 Å². The van der Waals surface area contributed by atoms with E-state index in [1.54, 1.807) is 134 Å². The molecule has 0 unspecified atom stereocenters. The number of amides is 13. The number of benzene rings is 6. The van der Waals surface area contributed by atoms with Gasteiger partial charge < -0.3 is 102 Å². The van der Waals surface area contributed by atoms with Gasteiger partial charge in [0.25, 0.3) is 0 Å². The van der Waals surface area contributed by atoms with Crippen molar-refractivity contribution in [1.29, 1.82) is 5.41 Å². The number of carbonyl (C=O) groups is 13. The van der Waals surface area contributed by atoms with Gasteiger partial charge in [-0.1, -0.05) is 155 Å².